The van der Waals surface area contributed by atoms with Crippen molar-refractivity contribution in [3.8, 4) is 0 Å². The highest BCUT2D eigenvalue weighted by Gasteiger charge is 2.39. The second-order valence-electron chi connectivity index (χ2n) is 4.82. The molecule has 122 valence electrons. The number of anilines is 1. The van der Waals surface area contributed by atoms with Gasteiger partial charge >= 0.3 is 11.9 Å². The first-order valence-electron chi connectivity index (χ1n) is 6.83. The Hall–Kier alpha value is -2.74. The molecule has 0 saturated carbocycles. The Morgan fingerprint density at radius 2 is 1.83 bits per heavy atom. The van der Waals surface area contributed by atoms with Crippen LogP contribution in [0.25, 0.3) is 0 Å². The molecule has 1 fully saturated rings. The van der Waals surface area contributed by atoms with Gasteiger partial charge in [0.1, 0.15) is 0 Å². The van der Waals surface area contributed by atoms with Gasteiger partial charge in [0.05, 0.1) is 44.5 Å². The molecule has 8 heteroatoms. The zero-order valence-electron chi connectivity index (χ0n) is 12.7. The lowest BCUT2D eigenvalue weighted by molar-refractivity contribution is -0.139. The van der Waals surface area contributed by atoms with E-state index in [1.54, 1.807) is 0 Å². The van der Waals surface area contributed by atoms with Crippen molar-refractivity contribution in [1.82, 2.24) is 5.32 Å². The summed E-state index contributed by atoms with van der Waals surface area (Å²) < 4.78 is 9.06. The first-order chi connectivity index (χ1) is 11.0. The maximum atomic E-state index is 12.3. The zero-order chi connectivity index (χ0) is 17.0. The maximum Gasteiger partial charge on any atom is 0.337 e. The fourth-order valence-corrected chi connectivity index (χ4v) is 2.21. The molecule has 1 N–H and O–H groups in total. The molecule has 0 spiro atoms. The second-order valence-corrected chi connectivity index (χ2v) is 4.82. The minimum atomic E-state index is -0.776. The quantitative estimate of drug-likeness (QED) is 0.595. The average molecular weight is 320 g/mol. The number of nitrogens with zero attached hydrogens (tertiary/aromatic N) is 1. The van der Waals surface area contributed by atoms with Crippen molar-refractivity contribution >= 4 is 29.4 Å². The van der Waals surface area contributed by atoms with Gasteiger partial charge < -0.3 is 9.47 Å². The van der Waals surface area contributed by atoms with Crippen molar-refractivity contribution in [1.29, 1.82) is 0 Å². The van der Waals surface area contributed by atoms with E-state index < -0.39 is 23.9 Å². The van der Waals surface area contributed by atoms with Crippen LogP contribution < -0.4 is 10.2 Å². The molecule has 1 aliphatic heterocycles. The van der Waals surface area contributed by atoms with E-state index in [4.69, 9.17) is 0 Å². The third-order valence-electron chi connectivity index (χ3n) is 3.41. The van der Waals surface area contributed by atoms with Gasteiger partial charge in [0, 0.05) is 0 Å². The minimum absolute atomic E-state index is 0.0470. The predicted octanol–water partition coefficient (Wildman–Crippen LogP) is -0.132. The summed E-state index contributed by atoms with van der Waals surface area (Å²) in [6.45, 7) is -0.157. The highest BCUT2D eigenvalue weighted by atomic mass is 16.5. The van der Waals surface area contributed by atoms with Gasteiger partial charge in [-0.1, -0.05) is 0 Å². The highest BCUT2D eigenvalue weighted by molar-refractivity contribution is 6.22. The predicted molar refractivity (Wildman–Crippen MR) is 78.7 cm³/mol. The topological polar surface area (TPSA) is 102 Å². The van der Waals surface area contributed by atoms with E-state index in [2.05, 4.69) is 14.8 Å². The Morgan fingerprint density at radius 3 is 2.39 bits per heavy atom. The van der Waals surface area contributed by atoms with Crippen molar-refractivity contribution < 1.29 is 28.7 Å². The van der Waals surface area contributed by atoms with Crippen molar-refractivity contribution in [3.63, 3.8) is 0 Å². The number of methoxy groups -OCH3 is 2. The van der Waals surface area contributed by atoms with Crippen LogP contribution in [0.4, 0.5) is 5.69 Å². The molecule has 23 heavy (non-hydrogen) atoms. The molecule has 1 aliphatic rings. The Labute approximate surface area is 132 Å². The Morgan fingerprint density at radius 1 is 1.17 bits per heavy atom. The summed E-state index contributed by atoms with van der Waals surface area (Å²) in [5.41, 5.74) is 0.672. The molecule has 1 aromatic rings. The van der Waals surface area contributed by atoms with Crippen LogP contribution >= 0.6 is 0 Å². The average Bonchev–Trinajstić information content (AvgIpc) is 2.85. The fourth-order valence-electron chi connectivity index (χ4n) is 2.21. The number of imide groups is 1. The normalized spacial score (nSPS) is 17.3. The van der Waals surface area contributed by atoms with E-state index in [0.717, 1.165) is 4.90 Å². The van der Waals surface area contributed by atoms with Crippen molar-refractivity contribution in [3.05, 3.63) is 29.8 Å². The van der Waals surface area contributed by atoms with E-state index >= 15 is 0 Å². The summed E-state index contributed by atoms with van der Waals surface area (Å²) in [5.74, 6) is -1.87. The number of esters is 2. The SMILES string of the molecule is COC(=O)CN[C@@H]1CC(=O)N(c2ccc(C(=O)OC)cc2)C1=O. The van der Waals surface area contributed by atoms with Gasteiger partial charge in [0.15, 0.2) is 0 Å². The van der Waals surface area contributed by atoms with Gasteiger partial charge in [0.2, 0.25) is 5.91 Å². The Balaban J connectivity index is 2.10. The van der Waals surface area contributed by atoms with E-state index in [1.807, 2.05) is 0 Å². The van der Waals surface area contributed by atoms with Crippen LogP contribution in [0, 0.1) is 0 Å². The number of hydrogen-bond donors (Lipinski definition) is 1. The molecule has 1 atom stereocenters. The Kier molecular flexibility index (Phi) is 5.07. The van der Waals surface area contributed by atoms with E-state index in [-0.39, 0.29) is 18.9 Å². The zero-order valence-corrected chi connectivity index (χ0v) is 12.7. The maximum absolute atomic E-state index is 12.3. The van der Waals surface area contributed by atoms with Crippen molar-refractivity contribution in [2.45, 2.75) is 12.5 Å². The van der Waals surface area contributed by atoms with Gasteiger partial charge in [-0.15, -0.1) is 0 Å². The first-order valence-corrected chi connectivity index (χ1v) is 6.83. The number of carbonyl (C=O) groups excluding carboxylic acids is 4. The van der Waals surface area contributed by atoms with Gasteiger partial charge in [-0.2, -0.15) is 0 Å². The second kappa shape index (κ2) is 7.01. The lowest BCUT2D eigenvalue weighted by Gasteiger charge is -2.15. The lowest BCUT2D eigenvalue weighted by atomic mass is 10.2. The number of carbonyl (C=O) groups is 4. The molecule has 2 amide bonds. The first kappa shape index (κ1) is 16.6. The summed E-state index contributed by atoms with van der Waals surface area (Å²) in [6, 6.07) is 5.14. The van der Waals surface area contributed by atoms with Crippen LogP contribution in [0.1, 0.15) is 16.8 Å². The summed E-state index contributed by atoms with van der Waals surface area (Å²) in [5, 5.41) is 2.69. The summed E-state index contributed by atoms with van der Waals surface area (Å²) in [6.07, 6.45) is -0.0470. The van der Waals surface area contributed by atoms with Crippen LogP contribution in [0.3, 0.4) is 0 Å². The molecular formula is C15H16N2O6. The molecule has 0 aromatic heterocycles. The molecule has 1 heterocycles. The lowest BCUT2D eigenvalue weighted by Crippen LogP contribution is -2.41. The summed E-state index contributed by atoms with van der Waals surface area (Å²) >= 11 is 0. The van der Waals surface area contributed by atoms with E-state index in [1.165, 1.54) is 38.5 Å². The van der Waals surface area contributed by atoms with Gasteiger partial charge in [-0.25, -0.2) is 9.69 Å². The van der Waals surface area contributed by atoms with E-state index in [9.17, 15) is 19.2 Å². The molecule has 0 aliphatic carbocycles. The largest absolute Gasteiger partial charge is 0.468 e. The van der Waals surface area contributed by atoms with Crippen LogP contribution in [-0.4, -0.2) is 50.6 Å². The Bertz CT molecular complexity index is 640. The number of ether oxygens (including phenoxy) is 2. The standard InChI is InChI=1S/C15H16N2O6/c1-22-13(19)8-16-11-7-12(18)17(14(11)20)10-5-3-9(4-6-10)15(21)23-2/h3-6,11,16H,7-8H2,1-2H3/t11-/m1/s1. The fraction of sp³-hybridized carbons (Fsp3) is 0.333. The number of benzene rings is 1. The number of hydrogen-bond acceptors (Lipinski definition) is 7. The van der Waals surface area contributed by atoms with E-state index in [0.29, 0.717) is 11.3 Å². The number of rotatable bonds is 5. The van der Waals surface area contributed by atoms with Crippen LogP contribution in [0.2, 0.25) is 0 Å². The van der Waals surface area contributed by atoms with Crippen LogP contribution in [-0.2, 0) is 23.9 Å². The minimum Gasteiger partial charge on any atom is -0.468 e. The number of nitrogens with one attached hydrogen (secondary N) is 1. The molecule has 0 unspecified atom stereocenters. The highest BCUT2D eigenvalue weighted by Crippen LogP contribution is 2.23. The molecule has 2 rings (SSSR count). The van der Waals surface area contributed by atoms with Gasteiger partial charge in [-0.05, 0) is 24.3 Å². The van der Waals surface area contributed by atoms with Gasteiger partial charge in [0.25, 0.3) is 5.91 Å². The monoisotopic (exact) mass is 320 g/mol. The van der Waals surface area contributed by atoms with Gasteiger partial charge in [-0.3, -0.25) is 19.7 Å². The van der Waals surface area contributed by atoms with Crippen LogP contribution in [0.15, 0.2) is 24.3 Å². The van der Waals surface area contributed by atoms with Crippen molar-refractivity contribution in [2.75, 3.05) is 25.7 Å². The third-order valence-corrected chi connectivity index (χ3v) is 3.41. The molecule has 1 saturated heterocycles. The third kappa shape index (κ3) is 3.54. The molecular weight excluding hydrogens is 304 g/mol. The molecule has 0 bridgehead atoms. The summed E-state index contributed by atoms with van der Waals surface area (Å²) in [4.78, 5) is 47.8. The van der Waals surface area contributed by atoms with Crippen LogP contribution in [0.5, 0.6) is 0 Å². The summed E-state index contributed by atoms with van der Waals surface area (Å²) in [7, 11) is 2.50. The smallest absolute Gasteiger partial charge is 0.337 e. The molecule has 1 aromatic carbocycles. The molecule has 0 radical (unpaired) electrons. The molecule has 8 nitrogen and oxygen atoms in total. The number of amides is 2. The van der Waals surface area contributed by atoms with Crippen molar-refractivity contribution in [2.24, 2.45) is 0 Å².